The summed E-state index contributed by atoms with van der Waals surface area (Å²) in [6.45, 7) is 3.19. The molecule has 0 fully saturated rings. The zero-order valence-electron chi connectivity index (χ0n) is 8.19. The molecule has 76 valence electrons. The van der Waals surface area contributed by atoms with Crippen molar-refractivity contribution in [2.45, 2.75) is 19.3 Å². The molecule has 0 saturated heterocycles. The van der Waals surface area contributed by atoms with E-state index in [9.17, 15) is 0 Å². The van der Waals surface area contributed by atoms with E-state index in [4.69, 9.17) is 9.76 Å². The third-order valence-electron chi connectivity index (χ3n) is 2.37. The monoisotopic (exact) mass is 211 g/mol. The van der Waals surface area contributed by atoms with Crippen molar-refractivity contribution < 1.29 is 9.76 Å². The lowest BCUT2D eigenvalue weighted by atomic mass is 9.88. The van der Waals surface area contributed by atoms with Gasteiger partial charge in [-0.3, -0.25) is 0 Å². The molecule has 0 bridgehead atoms. The van der Waals surface area contributed by atoms with Crippen LogP contribution in [-0.2, 0) is 11.2 Å². The van der Waals surface area contributed by atoms with E-state index in [2.05, 4.69) is 16.7 Å². The van der Waals surface area contributed by atoms with Gasteiger partial charge in [-0.25, -0.2) is 0 Å². The zero-order chi connectivity index (χ0) is 9.97. The van der Waals surface area contributed by atoms with E-state index in [-0.39, 0.29) is 6.10 Å². The Morgan fingerprint density at radius 1 is 1.79 bits per heavy atom. The van der Waals surface area contributed by atoms with Gasteiger partial charge in [0.2, 0.25) is 0 Å². The molecule has 0 aromatic carbocycles. The van der Waals surface area contributed by atoms with Gasteiger partial charge in [-0.2, -0.15) is 0 Å². The standard InChI is InChI=1S/C9H14BNO2S/c1-10(12)11-6-8-7-3-5-14-9(7)2-4-13-8/h3,5,8,11-12H,2,4,6H2,1H3. The van der Waals surface area contributed by atoms with Crippen LogP contribution in [0.25, 0.3) is 0 Å². The van der Waals surface area contributed by atoms with Gasteiger partial charge in [-0.05, 0) is 23.8 Å². The molecule has 1 aromatic rings. The first-order valence-corrected chi connectivity index (χ1v) is 5.74. The first-order valence-electron chi connectivity index (χ1n) is 4.86. The van der Waals surface area contributed by atoms with Gasteiger partial charge in [0.1, 0.15) is 0 Å². The highest BCUT2D eigenvalue weighted by molar-refractivity contribution is 7.10. The van der Waals surface area contributed by atoms with Crippen molar-refractivity contribution in [3.8, 4) is 0 Å². The number of nitrogens with one attached hydrogen (secondary N) is 1. The van der Waals surface area contributed by atoms with Crippen molar-refractivity contribution in [1.82, 2.24) is 5.23 Å². The Morgan fingerprint density at radius 2 is 2.64 bits per heavy atom. The molecule has 1 unspecified atom stereocenters. The summed E-state index contributed by atoms with van der Waals surface area (Å²) in [5.41, 5.74) is 1.29. The SMILES string of the molecule is CB(O)NCC1OCCc2sccc21. The highest BCUT2D eigenvalue weighted by Gasteiger charge is 2.22. The largest absolute Gasteiger partial charge is 0.437 e. The van der Waals surface area contributed by atoms with Gasteiger partial charge in [-0.15, -0.1) is 11.3 Å². The van der Waals surface area contributed by atoms with E-state index in [1.165, 1.54) is 10.4 Å². The first-order chi connectivity index (χ1) is 6.77. The third kappa shape index (κ3) is 2.17. The van der Waals surface area contributed by atoms with Gasteiger partial charge < -0.3 is 15.0 Å². The molecule has 0 aliphatic carbocycles. The highest BCUT2D eigenvalue weighted by Crippen LogP contribution is 2.30. The Hall–Kier alpha value is -0.355. The van der Waals surface area contributed by atoms with Gasteiger partial charge in [0.15, 0.2) is 0 Å². The van der Waals surface area contributed by atoms with Crippen LogP contribution in [0.15, 0.2) is 11.4 Å². The molecule has 1 aromatic heterocycles. The summed E-state index contributed by atoms with van der Waals surface area (Å²) in [5, 5.41) is 14.2. The van der Waals surface area contributed by atoms with Gasteiger partial charge in [0, 0.05) is 17.8 Å². The topological polar surface area (TPSA) is 41.5 Å². The van der Waals surface area contributed by atoms with Gasteiger partial charge in [0.25, 0.3) is 0 Å². The smallest absolute Gasteiger partial charge is 0.373 e. The molecule has 0 saturated carbocycles. The van der Waals surface area contributed by atoms with Crippen molar-refractivity contribution in [2.24, 2.45) is 0 Å². The van der Waals surface area contributed by atoms with Gasteiger partial charge >= 0.3 is 7.05 Å². The summed E-state index contributed by atoms with van der Waals surface area (Å²) in [5.74, 6) is 0. The van der Waals surface area contributed by atoms with Gasteiger partial charge in [-0.1, -0.05) is 0 Å². The number of rotatable bonds is 3. The molecule has 2 N–H and O–H groups in total. The minimum absolute atomic E-state index is 0.111. The van der Waals surface area contributed by atoms with Crippen molar-refractivity contribution in [3.63, 3.8) is 0 Å². The van der Waals surface area contributed by atoms with Crippen LogP contribution in [0, 0.1) is 0 Å². The minimum atomic E-state index is -0.470. The first kappa shape index (κ1) is 10.2. The van der Waals surface area contributed by atoms with Crippen LogP contribution in [0.4, 0.5) is 0 Å². The maximum Gasteiger partial charge on any atom is 0.373 e. The normalized spacial score (nSPS) is 20.6. The molecule has 0 amide bonds. The van der Waals surface area contributed by atoms with E-state index in [0.29, 0.717) is 6.54 Å². The highest BCUT2D eigenvalue weighted by atomic mass is 32.1. The van der Waals surface area contributed by atoms with Crippen molar-refractivity contribution in [1.29, 1.82) is 0 Å². The Bertz CT molecular complexity index is 303. The lowest BCUT2D eigenvalue weighted by Crippen LogP contribution is -2.36. The van der Waals surface area contributed by atoms with Crippen LogP contribution >= 0.6 is 11.3 Å². The maximum atomic E-state index is 9.12. The number of ether oxygens (including phenoxy) is 1. The summed E-state index contributed by atoms with van der Waals surface area (Å²) in [7, 11) is -0.470. The second-order valence-corrected chi connectivity index (χ2v) is 4.49. The lowest BCUT2D eigenvalue weighted by Gasteiger charge is -2.23. The molecule has 2 heterocycles. The summed E-state index contributed by atoms with van der Waals surface area (Å²) in [6.07, 6.45) is 1.14. The second kappa shape index (κ2) is 4.44. The molecule has 5 heteroatoms. The number of thiophene rings is 1. The average molecular weight is 211 g/mol. The van der Waals surface area contributed by atoms with Gasteiger partial charge in [0.05, 0.1) is 12.7 Å². The van der Waals surface area contributed by atoms with Crippen LogP contribution in [-0.4, -0.2) is 25.2 Å². The van der Waals surface area contributed by atoms with E-state index in [1.54, 1.807) is 18.2 Å². The van der Waals surface area contributed by atoms with Crippen molar-refractivity contribution in [2.75, 3.05) is 13.2 Å². The Morgan fingerprint density at radius 3 is 3.43 bits per heavy atom. The lowest BCUT2D eigenvalue weighted by molar-refractivity contribution is 0.0466. The fourth-order valence-electron chi connectivity index (χ4n) is 1.67. The molecule has 3 nitrogen and oxygen atoms in total. The molecule has 1 atom stereocenters. The fourth-order valence-corrected chi connectivity index (χ4v) is 2.59. The van der Waals surface area contributed by atoms with E-state index in [1.807, 2.05) is 0 Å². The second-order valence-electron chi connectivity index (χ2n) is 3.49. The average Bonchev–Trinajstić information content (AvgIpc) is 2.62. The van der Waals surface area contributed by atoms with Crippen molar-refractivity contribution in [3.05, 3.63) is 21.9 Å². The van der Waals surface area contributed by atoms with E-state index < -0.39 is 7.05 Å². The summed E-state index contributed by atoms with van der Waals surface area (Å²) in [4.78, 5) is 1.42. The Labute approximate surface area is 88.2 Å². The molecule has 1 aliphatic rings. The minimum Gasteiger partial charge on any atom is -0.437 e. The number of hydrogen-bond donors (Lipinski definition) is 2. The molecule has 1 aliphatic heterocycles. The molecule has 14 heavy (non-hydrogen) atoms. The number of hydrogen-bond acceptors (Lipinski definition) is 4. The van der Waals surface area contributed by atoms with Crippen molar-refractivity contribution >= 4 is 18.4 Å². The molecular weight excluding hydrogens is 197 g/mol. The summed E-state index contributed by atoms with van der Waals surface area (Å²) in [6, 6.07) is 2.12. The third-order valence-corrected chi connectivity index (χ3v) is 3.37. The van der Waals surface area contributed by atoms with E-state index in [0.717, 1.165) is 13.0 Å². The quantitative estimate of drug-likeness (QED) is 0.734. The predicted molar refractivity (Wildman–Crippen MR) is 58.6 cm³/mol. The predicted octanol–water partition coefficient (Wildman–Crippen LogP) is 1.06. The van der Waals surface area contributed by atoms with Crippen LogP contribution < -0.4 is 5.23 Å². The Balaban J connectivity index is 2.01. The maximum absolute atomic E-state index is 9.12. The summed E-state index contributed by atoms with van der Waals surface area (Å²) >= 11 is 1.79. The van der Waals surface area contributed by atoms with Crippen LogP contribution in [0.5, 0.6) is 0 Å². The number of fused-ring (bicyclic) bond motifs is 1. The van der Waals surface area contributed by atoms with E-state index >= 15 is 0 Å². The summed E-state index contributed by atoms with van der Waals surface area (Å²) < 4.78 is 5.65. The fraction of sp³-hybridized carbons (Fsp3) is 0.556. The molecule has 0 radical (unpaired) electrons. The van der Waals surface area contributed by atoms with Crippen LogP contribution in [0.2, 0.25) is 6.82 Å². The van der Waals surface area contributed by atoms with Crippen LogP contribution in [0.1, 0.15) is 16.5 Å². The molecule has 0 spiro atoms. The Kier molecular flexibility index (Phi) is 3.23. The van der Waals surface area contributed by atoms with Crippen LogP contribution in [0.3, 0.4) is 0 Å². The molecular formula is C9H14BNO2S. The zero-order valence-corrected chi connectivity index (χ0v) is 9.01. The molecule has 2 rings (SSSR count).